The minimum absolute atomic E-state index is 0.0612. The molecule has 2 rings (SSSR count). The van der Waals surface area contributed by atoms with Gasteiger partial charge in [0.1, 0.15) is 0 Å². The van der Waals surface area contributed by atoms with Crippen molar-refractivity contribution < 1.29 is 19.4 Å². The van der Waals surface area contributed by atoms with E-state index in [0.29, 0.717) is 24.5 Å². The summed E-state index contributed by atoms with van der Waals surface area (Å²) in [6.45, 7) is 1.20. The lowest BCUT2D eigenvalue weighted by Gasteiger charge is -2.31. The van der Waals surface area contributed by atoms with Gasteiger partial charge in [0.25, 0.3) is 5.91 Å². The lowest BCUT2D eigenvalue weighted by molar-refractivity contribution is -0.138. The van der Waals surface area contributed by atoms with Crippen LogP contribution in [0.5, 0.6) is 5.88 Å². The zero-order valence-corrected chi connectivity index (χ0v) is 11.4. The number of hydrogen-bond donors (Lipinski definition) is 1. The van der Waals surface area contributed by atoms with Gasteiger partial charge in [0.05, 0.1) is 12.7 Å². The summed E-state index contributed by atoms with van der Waals surface area (Å²) in [4.78, 5) is 28.7. The number of pyridine rings is 1. The van der Waals surface area contributed by atoms with E-state index in [0.717, 1.165) is 12.8 Å². The molecular formula is C14H18N2O4. The van der Waals surface area contributed by atoms with Crippen LogP contribution in [0.1, 0.15) is 29.6 Å². The number of rotatable bonds is 4. The minimum atomic E-state index is -0.769. The molecule has 20 heavy (non-hydrogen) atoms. The Morgan fingerprint density at radius 1 is 1.40 bits per heavy atom. The van der Waals surface area contributed by atoms with Gasteiger partial charge >= 0.3 is 5.97 Å². The lowest BCUT2D eigenvalue weighted by Crippen LogP contribution is -2.38. The van der Waals surface area contributed by atoms with Crippen molar-refractivity contribution in [3.8, 4) is 5.88 Å². The second-order valence-corrected chi connectivity index (χ2v) is 4.92. The zero-order valence-electron chi connectivity index (χ0n) is 11.4. The van der Waals surface area contributed by atoms with E-state index in [2.05, 4.69) is 4.98 Å². The van der Waals surface area contributed by atoms with Crippen molar-refractivity contribution >= 4 is 11.9 Å². The SMILES string of the molecule is COc1ccc(C(=O)N2CCC(CC(=O)O)CC2)cn1. The summed E-state index contributed by atoms with van der Waals surface area (Å²) in [5, 5.41) is 8.77. The average Bonchev–Trinajstić information content (AvgIpc) is 2.47. The third kappa shape index (κ3) is 3.46. The molecule has 0 atom stereocenters. The molecule has 0 radical (unpaired) electrons. The molecule has 0 bridgehead atoms. The largest absolute Gasteiger partial charge is 0.481 e. The Bertz CT molecular complexity index is 478. The summed E-state index contributed by atoms with van der Waals surface area (Å²) >= 11 is 0. The Morgan fingerprint density at radius 2 is 2.10 bits per heavy atom. The molecule has 1 aliphatic heterocycles. The van der Waals surface area contributed by atoms with Crippen LogP contribution in [0, 0.1) is 5.92 Å². The van der Waals surface area contributed by atoms with Gasteiger partial charge in [-0.05, 0) is 24.8 Å². The number of likely N-dealkylation sites (tertiary alicyclic amines) is 1. The molecule has 6 nitrogen and oxygen atoms in total. The Morgan fingerprint density at radius 3 is 2.60 bits per heavy atom. The van der Waals surface area contributed by atoms with Crippen LogP contribution in [0.4, 0.5) is 0 Å². The first kappa shape index (κ1) is 14.3. The number of carboxylic acid groups (broad SMARTS) is 1. The molecule has 108 valence electrons. The van der Waals surface area contributed by atoms with Crippen LogP contribution >= 0.6 is 0 Å². The van der Waals surface area contributed by atoms with Crippen LogP contribution < -0.4 is 4.74 Å². The van der Waals surface area contributed by atoms with Crippen LogP contribution in [-0.4, -0.2) is 47.1 Å². The molecule has 6 heteroatoms. The molecule has 1 aromatic rings. The summed E-state index contributed by atoms with van der Waals surface area (Å²) in [5.41, 5.74) is 0.530. The molecule has 0 spiro atoms. The van der Waals surface area contributed by atoms with Crippen LogP contribution in [0.2, 0.25) is 0 Å². The fraction of sp³-hybridized carbons (Fsp3) is 0.500. The molecule has 1 N–H and O–H groups in total. The normalized spacial score (nSPS) is 15.9. The van der Waals surface area contributed by atoms with Gasteiger partial charge in [-0.1, -0.05) is 0 Å². The maximum Gasteiger partial charge on any atom is 0.303 e. The third-order valence-corrected chi connectivity index (χ3v) is 3.56. The van der Waals surface area contributed by atoms with Crippen molar-refractivity contribution in [2.45, 2.75) is 19.3 Å². The number of aromatic nitrogens is 1. The molecule has 1 saturated heterocycles. The summed E-state index contributed by atoms with van der Waals surface area (Å²) in [6.07, 6.45) is 3.17. The standard InChI is InChI=1S/C14H18N2O4/c1-20-12-3-2-11(9-15-12)14(19)16-6-4-10(5-7-16)8-13(17)18/h2-3,9-10H,4-8H2,1H3,(H,17,18). The molecule has 0 aromatic carbocycles. The number of ether oxygens (including phenoxy) is 1. The second-order valence-electron chi connectivity index (χ2n) is 4.92. The number of methoxy groups -OCH3 is 1. The molecular weight excluding hydrogens is 260 g/mol. The fourth-order valence-corrected chi connectivity index (χ4v) is 2.40. The molecule has 1 aliphatic rings. The predicted octanol–water partition coefficient (Wildman–Crippen LogP) is 1.42. The third-order valence-electron chi connectivity index (χ3n) is 3.56. The smallest absolute Gasteiger partial charge is 0.303 e. The monoisotopic (exact) mass is 278 g/mol. The molecule has 0 aliphatic carbocycles. The number of hydrogen-bond acceptors (Lipinski definition) is 4. The first-order valence-electron chi connectivity index (χ1n) is 6.61. The minimum Gasteiger partial charge on any atom is -0.481 e. The zero-order chi connectivity index (χ0) is 14.5. The van der Waals surface area contributed by atoms with Crippen molar-refractivity contribution in [3.63, 3.8) is 0 Å². The highest BCUT2D eigenvalue weighted by Gasteiger charge is 2.25. The van der Waals surface area contributed by atoms with Crippen molar-refractivity contribution in [2.24, 2.45) is 5.92 Å². The highest BCUT2D eigenvalue weighted by Crippen LogP contribution is 2.22. The predicted molar refractivity (Wildman–Crippen MR) is 71.7 cm³/mol. The van der Waals surface area contributed by atoms with E-state index in [1.807, 2.05) is 0 Å². The molecule has 0 saturated carbocycles. The maximum absolute atomic E-state index is 12.3. The molecule has 0 unspecified atom stereocenters. The number of amides is 1. The van der Waals surface area contributed by atoms with Gasteiger partial charge in [0, 0.05) is 31.8 Å². The lowest BCUT2D eigenvalue weighted by atomic mass is 9.93. The van der Waals surface area contributed by atoms with Crippen LogP contribution in [0.25, 0.3) is 0 Å². The van der Waals surface area contributed by atoms with Crippen molar-refractivity contribution in [1.29, 1.82) is 0 Å². The van der Waals surface area contributed by atoms with E-state index in [1.165, 1.54) is 13.3 Å². The van der Waals surface area contributed by atoms with Crippen molar-refractivity contribution in [3.05, 3.63) is 23.9 Å². The number of nitrogens with zero attached hydrogens (tertiary/aromatic N) is 2. The number of piperidine rings is 1. The van der Waals surface area contributed by atoms with Crippen LogP contribution in [0.15, 0.2) is 18.3 Å². The molecule has 1 aromatic heterocycles. The number of carboxylic acids is 1. The first-order chi connectivity index (χ1) is 9.60. The number of aliphatic carboxylic acids is 1. The van der Waals surface area contributed by atoms with Crippen molar-refractivity contribution in [1.82, 2.24) is 9.88 Å². The Balaban J connectivity index is 1.92. The summed E-state index contributed by atoms with van der Waals surface area (Å²) in [6, 6.07) is 3.35. The van der Waals surface area contributed by atoms with Crippen LogP contribution in [-0.2, 0) is 4.79 Å². The second kappa shape index (κ2) is 6.36. The first-order valence-corrected chi connectivity index (χ1v) is 6.61. The fourth-order valence-electron chi connectivity index (χ4n) is 2.40. The van der Waals surface area contributed by atoms with Gasteiger partial charge in [-0.3, -0.25) is 9.59 Å². The summed E-state index contributed by atoms with van der Waals surface area (Å²) in [5.74, 6) is -0.185. The van der Waals surface area contributed by atoms with E-state index < -0.39 is 5.97 Å². The van der Waals surface area contributed by atoms with E-state index in [9.17, 15) is 9.59 Å². The Kier molecular flexibility index (Phi) is 4.55. The molecule has 1 fully saturated rings. The van der Waals surface area contributed by atoms with Gasteiger partial charge in [-0.25, -0.2) is 4.98 Å². The average molecular weight is 278 g/mol. The summed E-state index contributed by atoms with van der Waals surface area (Å²) in [7, 11) is 1.52. The Hall–Kier alpha value is -2.11. The van der Waals surface area contributed by atoms with Crippen molar-refractivity contribution in [2.75, 3.05) is 20.2 Å². The molecule has 2 heterocycles. The van der Waals surface area contributed by atoms with Crippen LogP contribution in [0.3, 0.4) is 0 Å². The Labute approximate surface area is 117 Å². The van der Waals surface area contributed by atoms with Gasteiger partial charge in [-0.2, -0.15) is 0 Å². The topological polar surface area (TPSA) is 79.7 Å². The van der Waals surface area contributed by atoms with Gasteiger partial charge < -0.3 is 14.7 Å². The number of carbonyl (C=O) groups is 2. The number of carbonyl (C=O) groups excluding carboxylic acids is 1. The molecule has 1 amide bonds. The van der Waals surface area contributed by atoms with E-state index in [1.54, 1.807) is 17.0 Å². The van der Waals surface area contributed by atoms with E-state index in [-0.39, 0.29) is 18.2 Å². The highest BCUT2D eigenvalue weighted by atomic mass is 16.5. The van der Waals surface area contributed by atoms with Gasteiger partial charge in [0.15, 0.2) is 0 Å². The van der Waals surface area contributed by atoms with E-state index >= 15 is 0 Å². The quantitative estimate of drug-likeness (QED) is 0.901. The maximum atomic E-state index is 12.3. The van der Waals surface area contributed by atoms with Gasteiger partial charge in [0.2, 0.25) is 5.88 Å². The highest BCUT2D eigenvalue weighted by molar-refractivity contribution is 5.94. The van der Waals surface area contributed by atoms with E-state index in [4.69, 9.17) is 9.84 Å². The summed E-state index contributed by atoms with van der Waals surface area (Å²) < 4.78 is 4.95. The van der Waals surface area contributed by atoms with Gasteiger partial charge in [-0.15, -0.1) is 0 Å².